The van der Waals surface area contributed by atoms with Gasteiger partial charge in [-0.2, -0.15) is 13.2 Å². The molecule has 336 valence electrons. The van der Waals surface area contributed by atoms with E-state index < -0.39 is 47.6 Å². The van der Waals surface area contributed by atoms with Crippen molar-refractivity contribution in [3.8, 4) is 0 Å². The second-order valence-electron chi connectivity index (χ2n) is 16.8. The number of carboxylic acid groups (broad SMARTS) is 1. The zero-order chi connectivity index (χ0) is 44.9. The molecule has 1 saturated heterocycles. The van der Waals surface area contributed by atoms with E-state index in [0.717, 1.165) is 49.9 Å². The van der Waals surface area contributed by atoms with Crippen molar-refractivity contribution in [3.05, 3.63) is 87.4 Å². The summed E-state index contributed by atoms with van der Waals surface area (Å²) >= 11 is 1.20. The highest BCUT2D eigenvalue weighted by atomic mass is 32.1. The molecule has 15 heteroatoms. The third kappa shape index (κ3) is 14.4. The van der Waals surface area contributed by atoms with E-state index >= 15 is 4.79 Å². The number of hydrogen-bond donors (Lipinski definition) is 2. The Bertz CT molecular complexity index is 1860. The van der Waals surface area contributed by atoms with Crippen LogP contribution in [0.2, 0.25) is 0 Å². The third-order valence-corrected chi connectivity index (χ3v) is 12.8. The van der Waals surface area contributed by atoms with E-state index in [2.05, 4.69) is 15.2 Å². The quantitative estimate of drug-likeness (QED) is 0.0896. The van der Waals surface area contributed by atoms with Crippen LogP contribution in [-0.2, 0) is 43.0 Å². The molecule has 1 aliphatic heterocycles. The number of carboxylic acids is 1. The number of ether oxygens (including phenoxy) is 2. The molecule has 2 aromatic carbocycles. The van der Waals surface area contributed by atoms with Crippen molar-refractivity contribution in [2.24, 2.45) is 23.7 Å². The van der Waals surface area contributed by atoms with Gasteiger partial charge in [-0.3, -0.25) is 24.1 Å². The van der Waals surface area contributed by atoms with Gasteiger partial charge in [-0.05, 0) is 74.4 Å². The number of likely N-dealkylation sites (N-methyl/N-ethyl adjacent to an activating group) is 1. The summed E-state index contributed by atoms with van der Waals surface area (Å²) in [7, 11) is 3.48. The summed E-state index contributed by atoms with van der Waals surface area (Å²) in [6, 6.07) is 13.0. The van der Waals surface area contributed by atoms with Crippen LogP contribution in [0.1, 0.15) is 118 Å². The molecule has 1 aromatic heterocycles. The number of nitrogens with one attached hydrogen (secondary N) is 1. The number of aromatic nitrogens is 1. The number of nitrogens with zero attached hydrogens (tertiary/aromatic N) is 3. The number of Topliss-reactive ketones (excluding diaryl/α,β-unsaturated/α-hetero) is 1. The maximum atomic E-state index is 15.1. The van der Waals surface area contributed by atoms with Crippen molar-refractivity contribution < 1.29 is 46.9 Å². The van der Waals surface area contributed by atoms with E-state index in [0.29, 0.717) is 23.5 Å². The second-order valence-corrected chi connectivity index (χ2v) is 17.7. The molecule has 0 spiro atoms. The lowest BCUT2D eigenvalue weighted by Gasteiger charge is -2.40. The number of piperidine rings is 1. The topological polar surface area (TPSA) is 138 Å². The van der Waals surface area contributed by atoms with Gasteiger partial charge in [0.15, 0.2) is 5.78 Å². The molecular weight excluding hydrogens is 810 g/mol. The molecule has 7 atom stereocenters. The Hall–Kier alpha value is -4.18. The molecule has 1 fully saturated rings. The highest BCUT2D eigenvalue weighted by Crippen LogP contribution is 2.35. The first-order chi connectivity index (χ1) is 28.9. The minimum Gasteiger partial charge on any atom is -0.481 e. The smallest absolute Gasteiger partial charge is 0.416 e. The number of halogens is 3. The van der Waals surface area contributed by atoms with Crippen LogP contribution in [-0.4, -0.2) is 89.1 Å². The van der Waals surface area contributed by atoms with Crippen molar-refractivity contribution in [2.45, 2.75) is 123 Å². The van der Waals surface area contributed by atoms with Gasteiger partial charge in [0.2, 0.25) is 5.91 Å². The lowest BCUT2D eigenvalue weighted by atomic mass is 9.82. The molecule has 61 heavy (non-hydrogen) atoms. The molecule has 2 amide bonds. The Morgan fingerprint density at radius 2 is 1.69 bits per heavy atom. The van der Waals surface area contributed by atoms with E-state index in [4.69, 9.17) is 9.47 Å². The summed E-state index contributed by atoms with van der Waals surface area (Å²) in [4.78, 5) is 63.2. The van der Waals surface area contributed by atoms with Gasteiger partial charge in [-0.1, -0.05) is 89.9 Å². The molecule has 0 saturated carbocycles. The third-order valence-electron chi connectivity index (χ3n) is 11.9. The molecule has 7 unspecified atom stereocenters. The van der Waals surface area contributed by atoms with Gasteiger partial charge in [-0.25, -0.2) is 4.98 Å². The summed E-state index contributed by atoms with van der Waals surface area (Å²) in [5.74, 6) is -3.15. The number of benzene rings is 2. The Morgan fingerprint density at radius 3 is 2.28 bits per heavy atom. The van der Waals surface area contributed by atoms with E-state index in [1.54, 1.807) is 5.38 Å². The number of methoxy groups -OCH3 is 1. The van der Waals surface area contributed by atoms with E-state index in [1.165, 1.54) is 37.5 Å². The maximum Gasteiger partial charge on any atom is 0.416 e. The molecule has 3 aromatic rings. The number of amides is 2. The summed E-state index contributed by atoms with van der Waals surface area (Å²) in [5, 5.41) is 14.5. The maximum absolute atomic E-state index is 15.1. The predicted molar refractivity (Wildman–Crippen MR) is 229 cm³/mol. The van der Waals surface area contributed by atoms with Crippen molar-refractivity contribution in [2.75, 3.05) is 27.5 Å². The number of carbonyl (C=O) groups is 4. The van der Waals surface area contributed by atoms with Crippen molar-refractivity contribution in [1.29, 1.82) is 0 Å². The number of carbonyl (C=O) groups excluding carboxylic acids is 3. The van der Waals surface area contributed by atoms with Gasteiger partial charge in [0.25, 0.3) is 5.91 Å². The number of thiazole rings is 1. The van der Waals surface area contributed by atoms with Gasteiger partial charge in [0.1, 0.15) is 23.6 Å². The summed E-state index contributed by atoms with van der Waals surface area (Å²) in [6.07, 6.45) is -1.11. The van der Waals surface area contributed by atoms with E-state index in [-0.39, 0.29) is 67.4 Å². The number of ketones is 1. The highest BCUT2D eigenvalue weighted by Gasteiger charge is 2.39. The molecule has 1 aliphatic rings. The molecule has 2 heterocycles. The molecule has 4 rings (SSSR count). The van der Waals surface area contributed by atoms with Crippen LogP contribution in [0.4, 0.5) is 13.2 Å². The molecule has 11 nitrogen and oxygen atoms in total. The number of aliphatic carboxylic acids is 1. The van der Waals surface area contributed by atoms with Crippen LogP contribution < -0.4 is 5.32 Å². The molecule has 2 N–H and O–H groups in total. The van der Waals surface area contributed by atoms with Crippen LogP contribution in [0, 0.1) is 23.7 Å². The van der Waals surface area contributed by atoms with Crippen LogP contribution in [0.25, 0.3) is 0 Å². The molecule has 0 radical (unpaired) electrons. The Morgan fingerprint density at radius 1 is 1.00 bits per heavy atom. The predicted octanol–water partition coefficient (Wildman–Crippen LogP) is 8.82. The molecule has 0 bridgehead atoms. The average Bonchev–Trinajstić information content (AvgIpc) is 3.72. The first kappa shape index (κ1) is 49.5. The average molecular weight is 873 g/mol. The lowest BCUT2D eigenvalue weighted by molar-refractivity contribution is -0.146. The fourth-order valence-corrected chi connectivity index (χ4v) is 8.87. The molecular formula is C46H63F3N4O7S. The first-order valence-corrected chi connectivity index (χ1v) is 22.1. The molecule has 0 aliphatic carbocycles. The Labute approximate surface area is 362 Å². The van der Waals surface area contributed by atoms with Crippen molar-refractivity contribution >= 4 is 34.9 Å². The van der Waals surface area contributed by atoms with Gasteiger partial charge in [0, 0.05) is 49.9 Å². The number of likely N-dealkylation sites (tertiary alicyclic amines) is 1. The van der Waals surface area contributed by atoms with Gasteiger partial charge < -0.3 is 24.8 Å². The zero-order valence-corrected chi connectivity index (χ0v) is 37.3. The fourth-order valence-electron chi connectivity index (χ4n) is 8.01. The zero-order valence-electron chi connectivity index (χ0n) is 36.5. The second kappa shape index (κ2) is 23.3. The normalized spacial score (nSPS) is 17.9. The Kier molecular flexibility index (Phi) is 18.9. The number of hydrogen-bond acceptors (Lipinski definition) is 9. The van der Waals surface area contributed by atoms with Crippen LogP contribution in [0.5, 0.6) is 0 Å². The number of rotatable bonds is 23. The SMILES string of the molecule is CCC(C)C(CC(=O)C1CCCCN1C)C(=O)N(Cc1ccccc1)C(CC(OCOC)c1nc(C(=O)NC(Cc2ccc(C(F)(F)F)cc2)CC(C)C(=O)O)cs1)C(C)C. The summed E-state index contributed by atoms with van der Waals surface area (Å²) < 4.78 is 51.2. The van der Waals surface area contributed by atoms with Crippen molar-refractivity contribution in [3.63, 3.8) is 0 Å². The summed E-state index contributed by atoms with van der Waals surface area (Å²) in [6.45, 7) is 10.7. The minimum atomic E-state index is -4.51. The largest absolute Gasteiger partial charge is 0.481 e. The standard InChI is InChI=1S/C46H63F3N4O7S/c1-8-30(4)36(24-40(54)38-16-12-13-21-52(38)6)44(56)53(26-33-14-10-9-11-15-33)39(29(2)3)25-41(60-28-59-7)43-51-37(27-61-43)42(55)50-35(22-31(5)45(57)58)23-32-17-19-34(20-18-32)46(47,48)49/h9-11,14-15,17-20,27,29-31,35-36,38-39,41H,8,12-13,16,21-26,28H2,1-7H3,(H,50,55)(H,57,58). The van der Waals surface area contributed by atoms with Gasteiger partial charge in [0.05, 0.1) is 17.5 Å². The minimum absolute atomic E-state index is 0.0284. The van der Waals surface area contributed by atoms with Crippen LogP contribution in [0.3, 0.4) is 0 Å². The monoisotopic (exact) mass is 872 g/mol. The van der Waals surface area contributed by atoms with E-state index in [1.807, 2.05) is 70.0 Å². The van der Waals surface area contributed by atoms with Crippen LogP contribution in [0.15, 0.2) is 60.0 Å². The van der Waals surface area contributed by atoms with Gasteiger partial charge in [-0.15, -0.1) is 11.3 Å². The van der Waals surface area contributed by atoms with Crippen LogP contribution >= 0.6 is 11.3 Å². The first-order valence-electron chi connectivity index (χ1n) is 21.3. The van der Waals surface area contributed by atoms with Gasteiger partial charge >= 0.3 is 12.1 Å². The van der Waals surface area contributed by atoms with Crippen molar-refractivity contribution in [1.82, 2.24) is 20.1 Å². The number of alkyl halides is 3. The fraction of sp³-hybridized carbons (Fsp3) is 0.587. The lowest BCUT2D eigenvalue weighted by Crippen LogP contribution is -2.49. The van der Waals surface area contributed by atoms with E-state index in [9.17, 15) is 32.7 Å². The highest BCUT2D eigenvalue weighted by molar-refractivity contribution is 7.09. The Balaban J connectivity index is 1.63. The summed E-state index contributed by atoms with van der Waals surface area (Å²) in [5.41, 5.74) is 0.691.